The monoisotopic (exact) mass is 308 g/mol. The van der Waals surface area contributed by atoms with Crippen LogP contribution in [0.3, 0.4) is 0 Å². The van der Waals surface area contributed by atoms with Gasteiger partial charge in [0, 0.05) is 5.56 Å². The van der Waals surface area contributed by atoms with E-state index in [9.17, 15) is 22.7 Å². The number of aliphatic hydroxyl groups is 1. The van der Waals surface area contributed by atoms with Crippen LogP contribution in [-0.4, -0.2) is 37.3 Å². The highest BCUT2D eigenvalue weighted by Crippen LogP contribution is 2.33. The summed E-state index contributed by atoms with van der Waals surface area (Å²) in [6.07, 6.45) is -3.32. The number of ether oxygens (including phenoxy) is 2. The Bertz CT molecular complexity index is 479. The summed E-state index contributed by atoms with van der Waals surface area (Å²) in [5.41, 5.74) is 1.35. The molecule has 0 aromatic heterocycles. The molecule has 1 N–H and O–H groups in total. The van der Waals surface area contributed by atoms with Crippen molar-refractivity contribution in [3.8, 4) is 5.75 Å². The van der Waals surface area contributed by atoms with E-state index in [2.05, 4.69) is 4.74 Å². The van der Waals surface area contributed by atoms with Crippen molar-refractivity contribution in [3.63, 3.8) is 0 Å². The minimum atomic E-state index is -4.22. The van der Waals surface area contributed by atoms with Gasteiger partial charge in [0.25, 0.3) is 0 Å². The molecule has 1 unspecified atom stereocenters. The van der Waals surface area contributed by atoms with Gasteiger partial charge in [-0.15, -0.1) is 0 Å². The van der Waals surface area contributed by atoms with E-state index in [1.54, 1.807) is 12.1 Å². The highest BCUT2D eigenvalue weighted by atomic mass is 19.3. The number of rotatable bonds is 6. The summed E-state index contributed by atoms with van der Waals surface area (Å²) in [7, 11) is 0. The van der Waals surface area contributed by atoms with Crippen LogP contribution >= 0.6 is 0 Å². The molecule has 0 bridgehead atoms. The van der Waals surface area contributed by atoms with Crippen molar-refractivity contribution in [2.45, 2.75) is 31.3 Å². The molecule has 0 radical (unpaired) electrons. The lowest BCUT2D eigenvalue weighted by molar-refractivity contribution is -0.170. The smallest absolute Gasteiger partial charge is 0.330 e. The Morgan fingerprint density at radius 3 is 2.81 bits per heavy atom. The Morgan fingerprint density at radius 2 is 2.10 bits per heavy atom. The van der Waals surface area contributed by atoms with Gasteiger partial charge in [0.1, 0.15) is 18.5 Å². The van der Waals surface area contributed by atoms with Crippen LogP contribution in [0.4, 0.5) is 17.6 Å². The number of aliphatic hydroxyl groups excluding tert-OH is 1. The summed E-state index contributed by atoms with van der Waals surface area (Å²) in [5.74, 6) is -3.69. The van der Waals surface area contributed by atoms with Gasteiger partial charge in [0.2, 0.25) is 0 Å². The Balaban J connectivity index is 1.97. The number of hydrogen-bond donors (Lipinski definition) is 1. The molecule has 1 aliphatic rings. The SMILES string of the molecule is OC(COCC(F)(F)C(F)F)c1cccc2c1OCCC2. The van der Waals surface area contributed by atoms with Crippen LogP contribution in [0, 0.1) is 0 Å². The van der Waals surface area contributed by atoms with Crippen LogP contribution in [0.15, 0.2) is 18.2 Å². The summed E-state index contributed by atoms with van der Waals surface area (Å²) in [5, 5.41) is 9.97. The highest BCUT2D eigenvalue weighted by molar-refractivity contribution is 5.44. The molecule has 7 heteroatoms. The summed E-state index contributed by atoms with van der Waals surface area (Å²) in [6.45, 7) is -1.42. The van der Waals surface area contributed by atoms with E-state index in [4.69, 9.17) is 4.74 Å². The molecule has 0 aliphatic carbocycles. The number of para-hydroxylation sites is 1. The van der Waals surface area contributed by atoms with Crippen LogP contribution in [0.2, 0.25) is 0 Å². The molecule has 3 nitrogen and oxygen atoms in total. The third kappa shape index (κ3) is 3.85. The van der Waals surface area contributed by atoms with Crippen LogP contribution in [0.25, 0.3) is 0 Å². The van der Waals surface area contributed by atoms with Crippen LogP contribution in [0.5, 0.6) is 5.75 Å². The van der Waals surface area contributed by atoms with Crippen molar-refractivity contribution in [2.75, 3.05) is 19.8 Å². The quantitative estimate of drug-likeness (QED) is 0.821. The Kier molecular flexibility index (Phi) is 5.05. The third-order valence-corrected chi connectivity index (χ3v) is 3.21. The van der Waals surface area contributed by atoms with Crippen molar-refractivity contribution < 1.29 is 32.1 Å². The van der Waals surface area contributed by atoms with Crippen LogP contribution < -0.4 is 4.74 Å². The molecule has 0 spiro atoms. The molecule has 21 heavy (non-hydrogen) atoms. The van der Waals surface area contributed by atoms with Gasteiger partial charge in [-0.1, -0.05) is 18.2 Å². The van der Waals surface area contributed by atoms with Gasteiger partial charge in [-0.25, -0.2) is 8.78 Å². The fraction of sp³-hybridized carbons (Fsp3) is 0.571. The van der Waals surface area contributed by atoms with Gasteiger partial charge in [-0.05, 0) is 18.4 Å². The average molecular weight is 308 g/mol. The molecule has 1 atom stereocenters. The minimum Gasteiger partial charge on any atom is -0.493 e. The van der Waals surface area contributed by atoms with Crippen molar-refractivity contribution in [1.82, 2.24) is 0 Å². The number of benzene rings is 1. The molecule has 118 valence electrons. The van der Waals surface area contributed by atoms with Crippen LogP contribution in [-0.2, 0) is 11.2 Å². The molecule has 1 aromatic rings. The lowest BCUT2D eigenvalue weighted by Gasteiger charge is -2.23. The molecule has 0 saturated heterocycles. The highest BCUT2D eigenvalue weighted by Gasteiger charge is 2.41. The molecule has 0 amide bonds. The van der Waals surface area contributed by atoms with E-state index in [0.29, 0.717) is 17.9 Å². The standard InChI is InChI=1S/C14H16F4O3/c15-13(16)14(17,18)8-20-7-11(19)10-5-1-3-9-4-2-6-21-12(9)10/h1,3,5,11,13,19H,2,4,6-8H2. The second kappa shape index (κ2) is 6.62. The van der Waals surface area contributed by atoms with Gasteiger partial charge in [-0.3, -0.25) is 0 Å². The Hall–Kier alpha value is -1.34. The van der Waals surface area contributed by atoms with E-state index in [-0.39, 0.29) is 0 Å². The maximum absolute atomic E-state index is 12.7. The number of fused-ring (bicyclic) bond motifs is 1. The fourth-order valence-corrected chi connectivity index (χ4v) is 2.14. The van der Waals surface area contributed by atoms with Crippen molar-refractivity contribution in [1.29, 1.82) is 0 Å². The number of alkyl halides is 4. The maximum Gasteiger partial charge on any atom is 0.330 e. The van der Waals surface area contributed by atoms with Gasteiger partial charge in [0.15, 0.2) is 0 Å². The maximum atomic E-state index is 12.7. The first-order chi connectivity index (χ1) is 9.92. The molecule has 0 saturated carbocycles. The normalized spacial score (nSPS) is 16.5. The second-order valence-corrected chi connectivity index (χ2v) is 4.88. The molecule has 2 rings (SSSR count). The van der Waals surface area contributed by atoms with Crippen LogP contribution in [0.1, 0.15) is 23.7 Å². The fourth-order valence-electron chi connectivity index (χ4n) is 2.14. The first kappa shape index (κ1) is 16.0. The number of halogens is 4. The molecular weight excluding hydrogens is 292 g/mol. The molecular formula is C14H16F4O3. The van der Waals surface area contributed by atoms with E-state index in [1.165, 1.54) is 0 Å². The Morgan fingerprint density at radius 1 is 1.33 bits per heavy atom. The zero-order valence-electron chi connectivity index (χ0n) is 11.2. The molecule has 1 heterocycles. The van der Waals surface area contributed by atoms with E-state index in [0.717, 1.165) is 18.4 Å². The average Bonchev–Trinajstić information content (AvgIpc) is 2.46. The summed E-state index contributed by atoms with van der Waals surface area (Å²) in [6, 6.07) is 5.18. The predicted octanol–water partition coefficient (Wildman–Crippen LogP) is 2.96. The van der Waals surface area contributed by atoms with Gasteiger partial charge in [0.05, 0.1) is 13.2 Å². The van der Waals surface area contributed by atoms with Gasteiger partial charge >= 0.3 is 12.3 Å². The zero-order chi connectivity index (χ0) is 15.5. The van der Waals surface area contributed by atoms with Crippen molar-refractivity contribution >= 4 is 0 Å². The summed E-state index contributed by atoms with van der Waals surface area (Å²) < 4.78 is 59.3. The topological polar surface area (TPSA) is 38.7 Å². The lowest BCUT2D eigenvalue weighted by Crippen LogP contribution is -2.33. The first-order valence-corrected chi connectivity index (χ1v) is 6.58. The largest absolute Gasteiger partial charge is 0.493 e. The van der Waals surface area contributed by atoms with E-state index >= 15 is 0 Å². The zero-order valence-corrected chi connectivity index (χ0v) is 11.2. The third-order valence-electron chi connectivity index (χ3n) is 3.21. The van der Waals surface area contributed by atoms with Crippen molar-refractivity contribution in [2.24, 2.45) is 0 Å². The lowest BCUT2D eigenvalue weighted by atomic mass is 9.99. The minimum absolute atomic E-state index is 0.424. The molecule has 1 aromatic carbocycles. The molecule has 0 fully saturated rings. The number of hydrogen-bond acceptors (Lipinski definition) is 3. The number of aryl methyl sites for hydroxylation is 1. The van der Waals surface area contributed by atoms with E-state index < -0.39 is 31.7 Å². The van der Waals surface area contributed by atoms with Gasteiger partial charge < -0.3 is 14.6 Å². The summed E-state index contributed by atoms with van der Waals surface area (Å²) in [4.78, 5) is 0. The second-order valence-electron chi connectivity index (χ2n) is 4.88. The van der Waals surface area contributed by atoms with E-state index in [1.807, 2.05) is 6.07 Å². The molecule has 1 aliphatic heterocycles. The van der Waals surface area contributed by atoms with Crippen molar-refractivity contribution in [3.05, 3.63) is 29.3 Å². The first-order valence-electron chi connectivity index (χ1n) is 6.58. The predicted molar refractivity (Wildman–Crippen MR) is 67.0 cm³/mol. The van der Waals surface area contributed by atoms with Gasteiger partial charge in [-0.2, -0.15) is 8.78 Å². The summed E-state index contributed by atoms with van der Waals surface area (Å²) >= 11 is 0. The Labute approximate surface area is 119 Å².